The predicted octanol–water partition coefficient (Wildman–Crippen LogP) is 3.39. The van der Waals surface area contributed by atoms with Crippen molar-refractivity contribution in [3.8, 4) is 0 Å². The van der Waals surface area contributed by atoms with Crippen molar-refractivity contribution >= 4 is 33.4 Å². The van der Waals surface area contributed by atoms with E-state index < -0.39 is 0 Å². The van der Waals surface area contributed by atoms with Crippen LogP contribution >= 0.6 is 27.5 Å². The molecule has 0 spiro atoms. The Labute approximate surface area is 108 Å². The quantitative estimate of drug-likeness (QED) is 0.852. The summed E-state index contributed by atoms with van der Waals surface area (Å²) in [6.07, 6.45) is 3.12. The number of halogens is 2. The van der Waals surface area contributed by atoms with Crippen LogP contribution < -0.4 is 5.32 Å². The Morgan fingerprint density at radius 3 is 2.81 bits per heavy atom. The normalized spacial score (nSPS) is 16.6. The molecule has 1 aliphatic rings. The average molecular weight is 301 g/mol. The van der Waals surface area contributed by atoms with Crippen LogP contribution in [0.5, 0.6) is 0 Å². The van der Waals surface area contributed by atoms with Crippen LogP contribution in [0.3, 0.4) is 0 Å². The first-order valence-corrected chi connectivity index (χ1v) is 6.15. The van der Waals surface area contributed by atoms with Crippen LogP contribution in [-0.2, 0) is 10.3 Å². The number of carbonyl (C=O) groups excluding carboxylic acids is 1. The Morgan fingerprint density at radius 1 is 1.56 bits per heavy atom. The molecular formula is C12H11BrClNO. The molecule has 0 heterocycles. The summed E-state index contributed by atoms with van der Waals surface area (Å²) in [4.78, 5) is 11.4. The molecule has 1 saturated carbocycles. The fourth-order valence-electron chi connectivity index (χ4n) is 1.74. The molecule has 0 aromatic heterocycles. The van der Waals surface area contributed by atoms with Crippen molar-refractivity contribution in [2.75, 3.05) is 0 Å². The van der Waals surface area contributed by atoms with Gasteiger partial charge in [0.15, 0.2) is 0 Å². The zero-order valence-corrected chi connectivity index (χ0v) is 10.9. The summed E-state index contributed by atoms with van der Waals surface area (Å²) in [5.74, 6) is -0.159. The number of nitrogens with one attached hydrogen (secondary N) is 1. The lowest BCUT2D eigenvalue weighted by molar-refractivity contribution is -0.117. The number of carbonyl (C=O) groups is 1. The van der Waals surface area contributed by atoms with Gasteiger partial charge in [-0.2, -0.15) is 0 Å². The van der Waals surface area contributed by atoms with Gasteiger partial charge in [0.05, 0.1) is 5.54 Å². The highest BCUT2D eigenvalue weighted by Gasteiger charge is 2.46. The molecule has 0 saturated heterocycles. The van der Waals surface area contributed by atoms with E-state index in [9.17, 15) is 4.79 Å². The Hall–Kier alpha value is -0.800. The lowest BCUT2D eigenvalue weighted by Gasteiger charge is -2.18. The molecule has 1 amide bonds. The van der Waals surface area contributed by atoms with Gasteiger partial charge in [0.1, 0.15) is 0 Å². The minimum atomic E-state index is -0.286. The number of hydrogen-bond acceptors (Lipinski definition) is 1. The van der Waals surface area contributed by atoms with E-state index in [2.05, 4.69) is 27.8 Å². The molecule has 2 rings (SSSR count). The first-order chi connectivity index (χ1) is 7.57. The van der Waals surface area contributed by atoms with Gasteiger partial charge >= 0.3 is 0 Å². The van der Waals surface area contributed by atoms with Gasteiger partial charge in [0.25, 0.3) is 0 Å². The van der Waals surface area contributed by atoms with Crippen molar-refractivity contribution in [2.24, 2.45) is 0 Å². The lowest BCUT2D eigenvalue weighted by Crippen LogP contribution is -2.33. The Kier molecular flexibility index (Phi) is 3.08. The van der Waals surface area contributed by atoms with Crippen molar-refractivity contribution in [1.82, 2.24) is 5.32 Å². The molecule has 1 aromatic rings. The summed E-state index contributed by atoms with van der Waals surface area (Å²) in [7, 11) is 0. The Morgan fingerprint density at radius 2 is 2.25 bits per heavy atom. The highest BCUT2D eigenvalue weighted by Crippen LogP contribution is 2.48. The highest BCUT2D eigenvalue weighted by molar-refractivity contribution is 9.10. The molecule has 1 aliphatic carbocycles. The Bertz CT molecular complexity index is 454. The lowest BCUT2D eigenvalue weighted by atomic mass is 10.0. The molecule has 2 nitrogen and oxygen atoms in total. The third-order valence-corrected chi connectivity index (χ3v) is 3.56. The monoisotopic (exact) mass is 299 g/mol. The van der Waals surface area contributed by atoms with Crippen molar-refractivity contribution in [1.29, 1.82) is 0 Å². The third-order valence-electron chi connectivity index (χ3n) is 2.74. The van der Waals surface area contributed by atoms with Crippen LogP contribution in [0.15, 0.2) is 35.3 Å². The maximum absolute atomic E-state index is 11.4. The van der Waals surface area contributed by atoms with Crippen LogP contribution in [0.1, 0.15) is 18.4 Å². The summed E-state index contributed by atoms with van der Waals surface area (Å²) in [5, 5.41) is 3.62. The summed E-state index contributed by atoms with van der Waals surface area (Å²) >= 11 is 9.56. The smallest absolute Gasteiger partial charge is 0.244 e. The third kappa shape index (κ3) is 2.15. The van der Waals surface area contributed by atoms with Crippen molar-refractivity contribution in [3.05, 3.63) is 45.9 Å². The second-order valence-electron chi connectivity index (χ2n) is 3.90. The van der Waals surface area contributed by atoms with E-state index in [0.29, 0.717) is 5.02 Å². The molecule has 84 valence electrons. The minimum absolute atomic E-state index is 0.159. The largest absolute Gasteiger partial charge is 0.343 e. The van der Waals surface area contributed by atoms with Gasteiger partial charge in [-0.05, 0) is 42.7 Å². The second kappa shape index (κ2) is 4.22. The van der Waals surface area contributed by atoms with Crippen LogP contribution in [-0.4, -0.2) is 5.91 Å². The molecule has 1 N–H and O–H groups in total. The van der Waals surface area contributed by atoms with E-state index >= 15 is 0 Å². The van der Waals surface area contributed by atoms with Crippen molar-refractivity contribution in [2.45, 2.75) is 18.4 Å². The second-order valence-corrected chi connectivity index (χ2v) is 5.22. The molecule has 1 fully saturated rings. The van der Waals surface area contributed by atoms with Crippen molar-refractivity contribution in [3.63, 3.8) is 0 Å². The molecule has 0 radical (unpaired) electrons. The van der Waals surface area contributed by atoms with Gasteiger partial charge in [-0.15, -0.1) is 0 Å². The SMILES string of the molecule is C=CC(=O)NC1(c2cc(Br)ccc2Cl)CC1. The van der Waals surface area contributed by atoms with E-state index in [1.165, 1.54) is 6.08 Å². The van der Waals surface area contributed by atoms with Crippen LogP contribution in [0.2, 0.25) is 5.02 Å². The molecule has 0 aliphatic heterocycles. The molecule has 0 atom stereocenters. The highest BCUT2D eigenvalue weighted by atomic mass is 79.9. The predicted molar refractivity (Wildman–Crippen MR) is 68.4 cm³/mol. The minimum Gasteiger partial charge on any atom is -0.343 e. The molecule has 1 aromatic carbocycles. The van der Waals surface area contributed by atoms with Gasteiger partial charge in [-0.25, -0.2) is 0 Å². The average Bonchev–Trinajstić information content (AvgIpc) is 3.02. The first-order valence-electron chi connectivity index (χ1n) is 4.97. The van der Waals surface area contributed by atoms with E-state index in [-0.39, 0.29) is 11.4 Å². The van der Waals surface area contributed by atoms with Crippen molar-refractivity contribution < 1.29 is 4.79 Å². The molecule has 16 heavy (non-hydrogen) atoms. The number of hydrogen-bond donors (Lipinski definition) is 1. The van der Waals surface area contributed by atoms with Gasteiger partial charge in [-0.3, -0.25) is 4.79 Å². The summed E-state index contributed by atoms with van der Waals surface area (Å²) in [6.45, 7) is 3.45. The first kappa shape index (κ1) is 11.7. The van der Waals surface area contributed by atoms with Crippen LogP contribution in [0.4, 0.5) is 0 Å². The zero-order chi connectivity index (χ0) is 11.8. The number of benzene rings is 1. The topological polar surface area (TPSA) is 29.1 Å². The maximum Gasteiger partial charge on any atom is 0.244 e. The van der Waals surface area contributed by atoms with E-state index in [1.807, 2.05) is 18.2 Å². The fourth-order valence-corrected chi connectivity index (χ4v) is 2.40. The molecule has 0 unspecified atom stereocenters. The number of rotatable bonds is 3. The molecular weight excluding hydrogens is 289 g/mol. The molecule has 4 heteroatoms. The summed E-state index contributed by atoms with van der Waals surface area (Å²) < 4.78 is 0.964. The van der Waals surface area contributed by atoms with E-state index in [4.69, 9.17) is 11.6 Å². The van der Waals surface area contributed by atoms with E-state index in [0.717, 1.165) is 22.9 Å². The molecule has 0 bridgehead atoms. The van der Waals surface area contributed by atoms with Gasteiger partial charge in [0.2, 0.25) is 5.91 Å². The maximum atomic E-state index is 11.4. The van der Waals surface area contributed by atoms with Crippen LogP contribution in [0.25, 0.3) is 0 Å². The summed E-state index contributed by atoms with van der Waals surface area (Å²) in [6, 6.07) is 5.68. The summed E-state index contributed by atoms with van der Waals surface area (Å²) in [5.41, 5.74) is 0.685. The standard InChI is InChI=1S/C12H11BrClNO/c1-2-11(16)15-12(5-6-12)9-7-8(13)3-4-10(9)14/h2-4,7H,1,5-6H2,(H,15,16). The van der Waals surface area contributed by atoms with Gasteiger partial charge in [-0.1, -0.05) is 34.1 Å². The van der Waals surface area contributed by atoms with Gasteiger partial charge in [0, 0.05) is 9.50 Å². The zero-order valence-electron chi connectivity index (χ0n) is 8.59. The fraction of sp³-hybridized carbons (Fsp3) is 0.250. The number of amides is 1. The Balaban J connectivity index is 2.32. The van der Waals surface area contributed by atoms with E-state index in [1.54, 1.807) is 0 Å². The van der Waals surface area contributed by atoms with Crippen LogP contribution in [0, 0.1) is 0 Å². The van der Waals surface area contributed by atoms with Gasteiger partial charge < -0.3 is 5.32 Å².